The number of hydrogen-bond acceptors (Lipinski definition) is 6. The molecule has 2 heterocycles. The zero-order valence-corrected chi connectivity index (χ0v) is 13.0. The summed E-state index contributed by atoms with van der Waals surface area (Å²) in [5.74, 6) is -0.452. The number of aromatic nitrogens is 2. The molecule has 9 heteroatoms. The molecule has 0 aliphatic rings. The summed E-state index contributed by atoms with van der Waals surface area (Å²) in [5.41, 5.74) is 3.96. The van der Waals surface area contributed by atoms with Gasteiger partial charge < -0.3 is 0 Å². The van der Waals surface area contributed by atoms with E-state index >= 15 is 0 Å². The molecule has 1 amide bonds. The fourth-order valence-corrected chi connectivity index (χ4v) is 2.59. The van der Waals surface area contributed by atoms with Crippen LogP contribution in [0.5, 0.6) is 0 Å². The molecule has 3 rings (SSSR count). The highest BCUT2D eigenvalue weighted by Gasteiger charge is 2.11. The normalized spacial score (nSPS) is 10.8. The molecule has 0 saturated carbocycles. The van der Waals surface area contributed by atoms with E-state index in [0.717, 1.165) is 10.6 Å². The number of H-pyrrole nitrogens is 1. The SMILES string of the molecule is O=C(N/N=C/c1ccc([N+](=O)[O-])cc1)c1cc(-c2cccs2)[nH]n1. The molecule has 0 spiro atoms. The van der Waals surface area contributed by atoms with Crippen LogP contribution in [0.1, 0.15) is 16.1 Å². The van der Waals surface area contributed by atoms with Crippen molar-refractivity contribution in [1.29, 1.82) is 0 Å². The van der Waals surface area contributed by atoms with Crippen LogP contribution in [-0.2, 0) is 0 Å². The number of nitrogens with one attached hydrogen (secondary N) is 2. The number of carbonyl (C=O) groups is 1. The maximum atomic E-state index is 12.0. The van der Waals surface area contributed by atoms with Gasteiger partial charge in [-0.15, -0.1) is 11.3 Å². The predicted octanol–water partition coefficient (Wildman–Crippen LogP) is 2.81. The Kier molecular flexibility index (Phi) is 4.43. The molecule has 0 unspecified atom stereocenters. The zero-order chi connectivity index (χ0) is 16.9. The van der Waals surface area contributed by atoms with Crippen molar-refractivity contribution in [2.45, 2.75) is 0 Å². The Morgan fingerprint density at radius 3 is 2.79 bits per heavy atom. The van der Waals surface area contributed by atoms with Gasteiger partial charge in [0.25, 0.3) is 11.6 Å². The lowest BCUT2D eigenvalue weighted by atomic mass is 10.2. The number of nitro benzene ring substituents is 1. The quantitative estimate of drug-likeness (QED) is 0.422. The second-order valence-electron chi connectivity index (χ2n) is 4.69. The smallest absolute Gasteiger partial charge is 0.276 e. The number of rotatable bonds is 5. The van der Waals surface area contributed by atoms with E-state index in [9.17, 15) is 14.9 Å². The fraction of sp³-hybridized carbons (Fsp3) is 0. The maximum Gasteiger partial charge on any atom is 0.291 e. The van der Waals surface area contributed by atoms with Gasteiger partial charge >= 0.3 is 0 Å². The summed E-state index contributed by atoms with van der Waals surface area (Å²) in [5, 5.41) is 23.1. The van der Waals surface area contributed by atoms with Crippen LogP contribution in [0, 0.1) is 10.1 Å². The van der Waals surface area contributed by atoms with Crippen molar-refractivity contribution in [1.82, 2.24) is 15.6 Å². The molecule has 24 heavy (non-hydrogen) atoms. The number of aromatic amines is 1. The Bertz CT molecular complexity index is 884. The first-order valence-corrected chi connectivity index (χ1v) is 7.68. The number of benzene rings is 1. The van der Waals surface area contributed by atoms with E-state index in [-0.39, 0.29) is 11.4 Å². The average Bonchev–Trinajstić information content (AvgIpc) is 3.26. The monoisotopic (exact) mass is 341 g/mol. The minimum absolute atomic E-state index is 0.00573. The van der Waals surface area contributed by atoms with Crippen LogP contribution >= 0.6 is 11.3 Å². The highest BCUT2D eigenvalue weighted by molar-refractivity contribution is 7.13. The summed E-state index contributed by atoms with van der Waals surface area (Å²) in [6, 6.07) is 11.3. The van der Waals surface area contributed by atoms with Gasteiger partial charge in [-0.2, -0.15) is 10.2 Å². The van der Waals surface area contributed by atoms with Gasteiger partial charge in [0, 0.05) is 12.1 Å². The topological polar surface area (TPSA) is 113 Å². The third-order valence-electron chi connectivity index (χ3n) is 3.08. The van der Waals surface area contributed by atoms with Gasteiger partial charge in [-0.05, 0) is 35.2 Å². The lowest BCUT2D eigenvalue weighted by Crippen LogP contribution is -2.17. The van der Waals surface area contributed by atoms with E-state index in [1.807, 2.05) is 17.5 Å². The Balaban J connectivity index is 1.62. The van der Waals surface area contributed by atoms with Crippen molar-refractivity contribution in [3.05, 3.63) is 69.2 Å². The number of thiophene rings is 1. The van der Waals surface area contributed by atoms with Crippen LogP contribution < -0.4 is 5.43 Å². The summed E-state index contributed by atoms with van der Waals surface area (Å²) in [6.45, 7) is 0. The van der Waals surface area contributed by atoms with E-state index in [1.54, 1.807) is 6.07 Å². The molecule has 120 valence electrons. The Labute approximate surface area is 140 Å². The molecule has 0 fully saturated rings. The Morgan fingerprint density at radius 2 is 2.12 bits per heavy atom. The molecule has 0 saturated heterocycles. The molecule has 0 bridgehead atoms. The Morgan fingerprint density at radius 1 is 1.33 bits per heavy atom. The van der Waals surface area contributed by atoms with E-state index in [0.29, 0.717) is 5.56 Å². The van der Waals surface area contributed by atoms with Gasteiger partial charge in [0.15, 0.2) is 5.69 Å². The molecule has 0 aliphatic carbocycles. The molecule has 2 N–H and O–H groups in total. The summed E-state index contributed by atoms with van der Waals surface area (Å²) in [6.07, 6.45) is 1.40. The standard InChI is InChI=1S/C15H11N5O3S/c21-15(13-8-12(17-18-13)14-2-1-7-24-14)19-16-9-10-3-5-11(6-4-10)20(22)23/h1-9H,(H,17,18)(H,19,21)/b16-9+. The van der Waals surface area contributed by atoms with Crippen LogP contribution in [0.2, 0.25) is 0 Å². The summed E-state index contributed by atoms with van der Waals surface area (Å²) in [7, 11) is 0. The van der Waals surface area contributed by atoms with Gasteiger partial charge in [0.05, 0.1) is 21.7 Å². The zero-order valence-electron chi connectivity index (χ0n) is 12.2. The van der Waals surface area contributed by atoms with Crippen molar-refractivity contribution in [2.24, 2.45) is 5.10 Å². The van der Waals surface area contributed by atoms with E-state index in [2.05, 4.69) is 20.7 Å². The number of carbonyl (C=O) groups excluding carboxylic acids is 1. The highest BCUT2D eigenvalue weighted by Crippen LogP contribution is 2.22. The van der Waals surface area contributed by atoms with Gasteiger partial charge in [-0.25, -0.2) is 5.43 Å². The van der Waals surface area contributed by atoms with Crippen molar-refractivity contribution < 1.29 is 9.72 Å². The Hall–Kier alpha value is -3.33. The molecule has 1 aromatic carbocycles. The van der Waals surface area contributed by atoms with Crippen LogP contribution in [0.25, 0.3) is 10.6 Å². The first-order chi connectivity index (χ1) is 11.6. The van der Waals surface area contributed by atoms with Crippen molar-refractivity contribution in [2.75, 3.05) is 0 Å². The molecule has 3 aromatic rings. The number of nitrogens with zero attached hydrogens (tertiary/aromatic N) is 3. The van der Waals surface area contributed by atoms with Crippen LogP contribution in [-0.4, -0.2) is 27.2 Å². The molecule has 0 aliphatic heterocycles. The number of hydrogen-bond donors (Lipinski definition) is 2. The van der Waals surface area contributed by atoms with E-state index in [1.165, 1.54) is 41.8 Å². The van der Waals surface area contributed by atoms with E-state index in [4.69, 9.17) is 0 Å². The molecule has 0 atom stereocenters. The first kappa shape index (κ1) is 15.6. The van der Waals surface area contributed by atoms with Crippen LogP contribution in [0.4, 0.5) is 5.69 Å². The largest absolute Gasteiger partial charge is 0.291 e. The minimum Gasteiger partial charge on any atom is -0.276 e. The number of amides is 1. The minimum atomic E-state index is -0.481. The van der Waals surface area contributed by atoms with Gasteiger partial charge in [0.2, 0.25) is 0 Å². The maximum absolute atomic E-state index is 12.0. The third kappa shape index (κ3) is 3.52. The molecular weight excluding hydrogens is 330 g/mol. The van der Waals surface area contributed by atoms with Crippen LogP contribution in [0.15, 0.2) is 52.9 Å². The lowest BCUT2D eigenvalue weighted by Gasteiger charge is -1.95. The van der Waals surface area contributed by atoms with Crippen molar-refractivity contribution in [3.63, 3.8) is 0 Å². The summed E-state index contributed by atoms with van der Waals surface area (Å²) >= 11 is 1.54. The second kappa shape index (κ2) is 6.84. The predicted molar refractivity (Wildman–Crippen MR) is 90.1 cm³/mol. The van der Waals surface area contributed by atoms with E-state index < -0.39 is 10.8 Å². The fourth-order valence-electron chi connectivity index (χ4n) is 1.90. The molecule has 0 radical (unpaired) electrons. The molecule has 2 aromatic heterocycles. The van der Waals surface area contributed by atoms with Gasteiger partial charge in [0.1, 0.15) is 0 Å². The van der Waals surface area contributed by atoms with Gasteiger partial charge in [-0.1, -0.05) is 6.07 Å². The highest BCUT2D eigenvalue weighted by atomic mass is 32.1. The van der Waals surface area contributed by atoms with Crippen LogP contribution in [0.3, 0.4) is 0 Å². The van der Waals surface area contributed by atoms with Crippen molar-refractivity contribution >= 4 is 29.1 Å². The number of hydrazone groups is 1. The van der Waals surface area contributed by atoms with Gasteiger partial charge in [-0.3, -0.25) is 20.0 Å². The molecular formula is C15H11N5O3S. The number of non-ortho nitro benzene ring substituents is 1. The number of nitro groups is 1. The third-order valence-corrected chi connectivity index (χ3v) is 3.98. The summed E-state index contributed by atoms with van der Waals surface area (Å²) < 4.78 is 0. The second-order valence-corrected chi connectivity index (χ2v) is 5.64. The van der Waals surface area contributed by atoms with Crippen molar-refractivity contribution in [3.8, 4) is 10.6 Å². The average molecular weight is 341 g/mol. The first-order valence-electron chi connectivity index (χ1n) is 6.80. The molecule has 8 nitrogen and oxygen atoms in total. The summed E-state index contributed by atoms with van der Waals surface area (Å²) in [4.78, 5) is 23.0. The lowest BCUT2D eigenvalue weighted by molar-refractivity contribution is -0.384.